The summed E-state index contributed by atoms with van der Waals surface area (Å²) in [6, 6.07) is 6.67. The van der Waals surface area contributed by atoms with Crippen molar-refractivity contribution in [1.29, 1.82) is 0 Å². The van der Waals surface area contributed by atoms with Gasteiger partial charge in [0.15, 0.2) is 0 Å². The molecule has 0 saturated heterocycles. The Kier molecular flexibility index (Phi) is 3.49. The van der Waals surface area contributed by atoms with Crippen LogP contribution in [0.3, 0.4) is 0 Å². The Morgan fingerprint density at radius 3 is 2.28 bits per heavy atom. The van der Waals surface area contributed by atoms with Gasteiger partial charge in [0.1, 0.15) is 0 Å². The highest BCUT2D eigenvalue weighted by Gasteiger charge is 2.18. The van der Waals surface area contributed by atoms with E-state index >= 15 is 0 Å². The van der Waals surface area contributed by atoms with E-state index in [2.05, 4.69) is 63.7 Å². The van der Waals surface area contributed by atoms with Crippen LogP contribution in [-0.4, -0.2) is 4.57 Å². The van der Waals surface area contributed by atoms with Crippen LogP contribution in [0.1, 0.15) is 50.8 Å². The van der Waals surface area contributed by atoms with E-state index in [4.69, 9.17) is 5.73 Å². The Balaban J connectivity index is 2.70. The molecule has 1 unspecified atom stereocenters. The van der Waals surface area contributed by atoms with Gasteiger partial charge in [-0.3, -0.25) is 0 Å². The number of nitrogens with two attached hydrogens (primary N) is 1. The minimum atomic E-state index is 0.108. The first kappa shape index (κ1) is 13.2. The summed E-state index contributed by atoms with van der Waals surface area (Å²) < 4.78 is 2.22. The molecule has 98 valence electrons. The van der Waals surface area contributed by atoms with Crippen molar-refractivity contribution >= 4 is 10.9 Å². The van der Waals surface area contributed by atoms with Gasteiger partial charge in [-0.25, -0.2) is 0 Å². The minimum Gasteiger partial charge on any atom is -0.350 e. The first-order chi connectivity index (χ1) is 8.43. The summed E-state index contributed by atoms with van der Waals surface area (Å²) in [4.78, 5) is 0. The second-order valence-electron chi connectivity index (χ2n) is 5.86. The molecule has 0 radical (unpaired) electrons. The third-order valence-electron chi connectivity index (χ3n) is 3.76. The van der Waals surface area contributed by atoms with Crippen LogP contribution in [0.5, 0.6) is 0 Å². The van der Waals surface area contributed by atoms with E-state index in [0.29, 0.717) is 11.8 Å². The van der Waals surface area contributed by atoms with Crippen molar-refractivity contribution in [2.75, 3.05) is 0 Å². The molecule has 2 N–H and O–H groups in total. The molecule has 2 heteroatoms. The Hall–Kier alpha value is -1.28. The van der Waals surface area contributed by atoms with E-state index in [9.17, 15) is 0 Å². The number of aryl methyl sites for hydroxylation is 1. The molecule has 0 aliphatic carbocycles. The molecule has 0 amide bonds. The number of hydrogen-bond donors (Lipinski definition) is 1. The highest BCUT2D eigenvalue weighted by atomic mass is 14.9. The van der Waals surface area contributed by atoms with E-state index in [-0.39, 0.29) is 6.04 Å². The lowest BCUT2D eigenvalue weighted by atomic mass is 9.94. The van der Waals surface area contributed by atoms with E-state index in [0.717, 1.165) is 0 Å². The molecule has 18 heavy (non-hydrogen) atoms. The van der Waals surface area contributed by atoms with Crippen LogP contribution in [0.4, 0.5) is 0 Å². The quantitative estimate of drug-likeness (QED) is 0.870. The smallest absolute Gasteiger partial charge is 0.0516 e. The molecule has 0 fully saturated rings. The summed E-state index contributed by atoms with van der Waals surface area (Å²) >= 11 is 0. The zero-order valence-corrected chi connectivity index (χ0v) is 12.1. The molecular weight excluding hydrogens is 220 g/mol. The number of benzene rings is 1. The van der Waals surface area contributed by atoms with Gasteiger partial charge in [-0.2, -0.15) is 0 Å². The molecule has 0 aliphatic rings. The van der Waals surface area contributed by atoms with Crippen molar-refractivity contribution in [3.63, 3.8) is 0 Å². The highest BCUT2D eigenvalue weighted by Crippen LogP contribution is 2.33. The van der Waals surface area contributed by atoms with Crippen LogP contribution in [0.25, 0.3) is 10.9 Å². The molecule has 0 aliphatic heterocycles. The van der Waals surface area contributed by atoms with Gasteiger partial charge < -0.3 is 10.3 Å². The molecule has 0 saturated carbocycles. The van der Waals surface area contributed by atoms with Crippen molar-refractivity contribution in [3.05, 3.63) is 35.5 Å². The molecule has 2 rings (SSSR count). The zero-order chi connectivity index (χ0) is 13.4. The zero-order valence-electron chi connectivity index (χ0n) is 12.1. The number of hydrogen-bond acceptors (Lipinski definition) is 1. The third kappa shape index (κ3) is 2.05. The summed E-state index contributed by atoms with van der Waals surface area (Å²) in [5.74, 6) is 0.990. The maximum Gasteiger partial charge on any atom is 0.0516 e. The van der Waals surface area contributed by atoms with Crippen LogP contribution >= 0.6 is 0 Å². The first-order valence-electron chi connectivity index (χ1n) is 6.77. The van der Waals surface area contributed by atoms with E-state index in [1.54, 1.807) is 0 Å². The van der Waals surface area contributed by atoms with E-state index in [1.165, 1.54) is 22.0 Å². The van der Waals surface area contributed by atoms with Crippen molar-refractivity contribution < 1.29 is 0 Å². The van der Waals surface area contributed by atoms with Crippen molar-refractivity contribution in [1.82, 2.24) is 4.57 Å². The van der Waals surface area contributed by atoms with Gasteiger partial charge in [-0.1, -0.05) is 45.9 Å². The van der Waals surface area contributed by atoms with Gasteiger partial charge in [0.05, 0.1) is 5.52 Å². The van der Waals surface area contributed by atoms with Crippen LogP contribution in [0, 0.1) is 5.92 Å². The second kappa shape index (κ2) is 4.77. The first-order valence-corrected chi connectivity index (χ1v) is 6.77. The summed E-state index contributed by atoms with van der Waals surface area (Å²) in [5.41, 5.74) is 10.3. The Bertz CT molecular complexity index is 549. The maximum atomic E-state index is 6.33. The molecule has 0 spiro atoms. The van der Waals surface area contributed by atoms with Crippen molar-refractivity contribution in [2.45, 2.75) is 39.7 Å². The Morgan fingerprint density at radius 1 is 1.06 bits per heavy atom. The molecule has 1 aromatic carbocycles. The summed E-state index contributed by atoms with van der Waals surface area (Å²) in [7, 11) is 2.12. The minimum absolute atomic E-state index is 0.108. The maximum absolute atomic E-state index is 6.33. The Labute approximate surface area is 110 Å². The van der Waals surface area contributed by atoms with Crippen molar-refractivity contribution in [2.24, 2.45) is 18.7 Å². The van der Waals surface area contributed by atoms with E-state index < -0.39 is 0 Å². The van der Waals surface area contributed by atoms with Crippen LogP contribution < -0.4 is 5.73 Å². The molecule has 1 heterocycles. The highest BCUT2D eigenvalue weighted by molar-refractivity contribution is 5.87. The molecule has 2 aromatic rings. The lowest BCUT2D eigenvalue weighted by Crippen LogP contribution is -2.16. The van der Waals surface area contributed by atoms with Gasteiger partial charge >= 0.3 is 0 Å². The number of rotatable bonds is 3. The topological polar surface area (TPSA) is 30.9 Å². The second-order valence-corrected chi connectivity index (χ2v) is 5.86. The normalized spacial score (nSPS) is 13.8. The van der Waals surface area contributed by atoms with Crippen LogP contribution in [-0.2, 0) is 7.05 Å². The predicted octanol–water partition coefficient (Wildman–Crippen LogP) is 3.96. The number of nitrogens with zero attached hydrogens (tertiary/aromatic N) is 1. The van der Waals surface area contributed by atoms with Crippen LogP contribution in [0.15, 0.2) is 24.4 Å². The fourth-order valence-corrected chi connectivity index (χ4v) is 2.62. The standard InChI is InChI=1S/C16H24N2/c1-10(2)12-7-6-8-13-14(15(17)11(3)4)9-18(5)16(12)13/h6-11,15H,17H2,1-5H3. The predicted molar refractivity (Wildman–Crippen MR) is 78.8 cm³/mol. The average Bonchev–Trinajstić information content (AvgIpc) is 2.65. The summed E-state index contributed by atoms with van der Waals surface area (Å²) in [6.45, 7) is 8.83. The van der Waals surface area contributed by atoms with Gasteiger partial charge in [0, 0.05) is 24.7 Å². The molecule has 0 bridgehead atoms. The Morgan fingerprint density at radius 2 is 1.72 bits per heavy atom. The SMILES string of the molecule is CC(C)c1cccc2c(C(N)C(C)C)cn(C)c12. The lowest BCUT2D eigenvalue weighted by molar-refractivity contribution is 0.516. The molecule has 1 atom stereocenters. The number of aromatic nitrogens is 1. The molecular formula is C16H24N2. The average molecular weight is 244 g/mol. The van der Waals surface area contributed by atoms with Gasteiger partial charge in [-0.05, 0) is 23.0 Å². The lowest BCUT2D eigenvalue weighted by Gasteiger charge is -2.15. The van der Waals surface area contributed by atoms with Gasteiger partial charge in [0.25, 0.3) is 0 Å². The molecule has 1 aromatic heterocycles. The fraction of sp³-hybridized carbons (Fsp3) is 0.500. The third-order valence-corrected chi connectivity index (χ3v) is 3.76. The van der Waals surface area contributed by atoms with Gasteiger partial charge in [-0.15, -0.1) is 0 Å². The fourth-order valence-electron chi connectivity index (χ4n) is 2.62. The van der Waals surface area contributed by atoms with Gasteiger partial charge in [0.2, 0.25) is 0 Å². The van der Waals surface area contributed by atoms with E-state index in [1.807, 2.05) is 0 Å². The molecule has 2 nitrogen and oxygen atoms in total. The number of fused-ring (bicyclic) bond motifs is 1. The van der Waals surface area contributed by atoms with Crippen LogP contribution in [0.2, 0.25) is 0 Å². The summed E-state index contributed by atoms with van der Waals surface area (Å²) in [6.07, 6.45) is 2.20. The monoisotopic (exact) mass is 244 g/mol. The largest absolute Gasteiger partial charge is 0.350 e. The summed E-state index contributed by atoms with van der Waals surface area (Å²) in [5, 5.41) is 1.31. The number of para-hydroxylation sites is 1. The van der Waals surface area contributed by atoms with Crippen molar-refractivity contribution in [3.8, 4) is 0 Å².